The summed E-state index contributed by atoms with van der Waals surface area (Å²) in [5, 5.41) is 10.2. The Hall–Kier alpha value is -1.97. The van der Waals surface area contributed by atoms with E-state index in [0.29, 0.717) is 0 Å². The first-order valence-corrected chi connectivity index (χ1v) is 5.54. The molecule has 2 aromatic rings. The van der Waals surface area contributed by atoms with E-state index in [2.05, 4.69) is 34.6 Å². The number of aromatic nitrogens is 2. The number of aryl methyl sites for hydroxylation is 2. The molecule has 0 aliphatic heterocycles. The van der Waals surface area contributed by atoms with Crippen molar-refractivity contribution >= 4 is 5.82 Å². The van der Waals surface area contributed by atoms with Crippen LogP contribution >= 0.6 is 0 Å². The molecule has 1 aromatic heterocycles. The van der Waals surface area contributed by atoms with Gasteiger partial charge in [0.15, 0.2) is 0 Å². The number of nitrogens with zero attached hydrogens (tertiary/aromatic N) is 1. The number of H-pyrrole nitrogens is 1. The van der Waals surface area contributed by atoms with Gasteiger partial charge in [0, 0.05) is 18.7 Å². The third-order valence-electron chi connectivity index (χ3n) is 2.75. The number of aromatic amines is 1. The van der Waals surface area contributed by atoms with Gasteiger partial charge in [-0.2, -0.15) is 5.10 Å². The van der Waals surface area contributed by atoms with E-state index in [1.54, 1.807) is 7.11 Å². The van der Waals surface area contributed by atoms with Crippen molar-refractivity contribution in [1.82, 2.24) is 10.2 Å². The van der Waals surface area contributed by atoms with Crippen LogP contribution in [0.5, 0.6) is 5.75 Å². The van der Waals surface area contributed by atoms with Gasteiger partial charge in [-0.15, -0.1) is 0 Å². The van der Waals surface area contributed by atoms with E-state index in [1.165, 1.54) is 5.56 Å². The van der Waals surface area contributed by atoms with Crippen LogP contribution in [0.2, 0.25) is 0 Å². The topological polar surface area (TPSA) is 49.9 Å². The number of rotatable bonds is 3. The second kappa shape index (κ2) is 4.49. The normalized spacial score (nSPS) is 10.4. The molecule has 0 atom stereocenters. The Balaban J connectivity index is 2.57. The van der Waals surface area contributed by atoms with Gasteiger partial charge in [0.1, 0.15) is 11.6 Å². The minimum Gasteiger partial charge on any atom is -0.496 e. The van der Waals surface area contributed by atoms with E-state index < -0.39 is 0 Å². The summed E-state index contributed by atoms with van der Waals surface area (Å²) in [6, 6.07) is 6.17. The molecule has 1 heterocycles. The summed E-state index contributed by atoms with van der Waals surface area (Å²) in [4.78, 5) is 0. The van der Waals surface area contributed by atoms with Gasteiger partial charge in [0.2, 0.25) is 0 Å². The van der Waals surface area contributed by atoms with Crippen molar-refractivity contribution in [2.75, 3.05) is 19.5 Å². The van der Waals surface area contributed by atoms with E-state index in [4.69, 9.17) is 4.74 Å². The van der Waals surface area contributed by atoms with E-state index in [9.17, 15) is 0 Å². The van der Waals surface area contributed by atoms with Crippen molar-refractivity contribution in [2.24, 2.45) is 0 Å². The van der Waals surface area contributed by atoms with Crippen LogP contribution in [0.25, 0.3) is 11.3 Å². The van der Waals surface area contributed by atoms with Gasteiger partial charge in [0.25, 0.3) is 0 Å². The molecule has 4 nitrogen and oxygen atoms in total. The van der Waals surface area contributed by atoms with Crippen LogP contribution in [0.1, 0.15) is 11.1 Å². The van der Waals surface area contributed by atoms with Gasteiger partial charge in [-0.1, -0.05) is 6.07 Å². The molecular weight excluding hydrogens is 214 g/mol. The number of benzene rings is 1. The van der Waals surface area contributed by atoms with Crippen LogP contribution in [0.15, 0.2) is 18.2 Å². The lowest BCUT2D eigenvalue weighted by Crippen LogP contribution is -1.93. The molecule has 17 heavy (non-hydrogen) atoms. The first kappa shape index (κ1) is 11.5. The van der Waals surface area contributed by atoms with Crippen LogP contribution < -0.4 is 10.1 Å². The Labute approximate surface area is 101 Å². The zero-order valence-corrected chi connectivity index (χ0v) is 10.6. The summed E-state index contributed by atoms with van der Waals surface area (Å²) < 4.78 is 5.46. The van der Waals surface area contributed by atoms with Crippen molar-refractivity contribution in [3.63, 3.8) is 0 Å². The fourth-order valence-electron chi connectivity index (χ4n) is 2.01. The zero-order chi connectivity index (χ0) is 12.4. The van der Waals surface area contributed by atoms with Crippen LogP contribution in [-0.2, 0) is 0 Å². The Morgan fingerprint density at radius 3 is 2.59 bits per heavy atom. The quantitative estimate of drug-likeness (QED) is 0.854. The average molecular weight is 231 g/mol. The van der Waals surface area contributed by atoms with Crippen LogP contribution in [-0.4, -0.2) is 24.4 Å². The van der Waals surface area contributed by atoms with Crippen molar-refractivity contribution in [1.29, 1.82) is 0 Å². The van der Waals surface area contributed by atoms with Gasteiger partial charge in [0.05, 0.1) is 12.8 Å². The third-order valence-corrected chi connectivity index (χ3v) is 2.75. The molecule has 0 aliphatic carbocycles. The molecule has 2 N–H and O–H groups in total. The minimum atomic E-state index is 0.821. The summed E-state index contributed by atoms with van der Waals surface area (Å²) >= 11 is 0. The number of nitrogens with one attached hydrogen (secondary N) is 2. The maximum absolute atomic E-state index is 5.46. The molecule has 0 unspecified atom stereocenters. The predicted octanol–water partition coefficient (Wildman–Crippen LogP) is 2.74. The Kier molecular flexibility index (Phi) is 3.04. The number of methoxy groups -OCH3 is 1. The average Bonchev–Trinajstić information content (AvgIpc) is 2.76. The molecule has 0 bridgehead atoms. The SMILES string of the molecule is CNc1cc(-c2cc(C)cc(C)c2OC)[nH]n1. The molecule has 0 radical (unpaired) electrons. The standard InChI is InChI=1S/C13H17N3O/c1-8-5-9(2)13(17-4)10(6-8)11-7-12(14-3)16-15-11/h5-7H,1-4H3,(H2,14,15,16). The van der Waals surface area contributed by atoms with Crippen LogP contribution in [0.3, 0.4) is 0 Å². The van der Waals surface area contributed by atoms with E-state index >= 15 is 0 Å². The van der Waals surface area contributed by atoms with Gasteiger partial charge < -0.3 is 10.1 Å². The lowest BCUT2D eigenvalue weighted by molar-refractivity contribution is 0.413. The fourth-order valence-corrected chi connectivity index (χ4v) is 2.01. The lowest BCUT2D eigenvalue weighted by atomic mass is 10.0. The summed E-state index contributed by atoms with van der Waals surface area (Å²) in [5.41, 5.74) is 4.33. The van der Waals surface area contributed by atoms with Crippen molar-refractivity contribution in [3.8, 4) is 17.0 Å². The smallest absolute Gasteiger partial charge is 0.148 e. The number of ether oxygens (including phenoxy) is 1. The van der Waals surface area contributed by atoms with Crippen LogP contribution in [0, 0.1) is 13.8 Å². The Bertz CT molecular complexity index is 531. The van der Waals surface area contributed by atoms with E-state index in [-0.39, 0.29) is 0 Å². The molecule has 0 saturated carbocycles. The monoisotopic (exact) mass is 231 g/mol. The molecule has 1 aromatic carbocycles. The van der Waals surface area contributed by atoms with Gasteiger partial charge >= 0.3 is 0 Å². The summed E-state index contributed by atoms with van der Waals surface area (Å²) in [5.74, 6) is 1.71. The fraction of sp³-hybridized carbons (Fsp3) is 0.308. The highest BCUT2D eigenvalue weighted by Gasteiger charge is 2.11. The second-order valence-electron chi connectivity index (χ2n) is 4.08. The number of hydrogen-bond acceptors (Lipinski definition) is 3. The highest BCUT2D eigenvalue weighted by Crippen LogP contribution is 2.33. The first-order valence-electron chi connectivity index (χ1n) is 5.54. The molecule has 0 aliphatic rings. The number of hydrogen-bond donors (Lipinski definition) is 2. The molecule has 0 spiro atoms. The van der Waals surface area contributed by atoms with Gasteiger partial charge in [-0.25, -0.2) is 0 Å². The van der Waals surface area contributed by atoms with E-state index in [1.807, 2.05) is 20.0 Å². The molecule has 0 amide bonds. The maximum Gasteiger partial charge on any atom is 0.148 e. The third kappa shape index (κ3) is 2.11. The van der Waals surface area contributed by atoms with Crippen molar-refractivity contribution in [2.45, 2.75) is 13.8 Å². The highest BCUT2D eigenvalue weighted by atomic mass is 16.5. The van der Waals surface area contributed by atoms with E-state index in [0.717, 1.165) is 28.4 Å². The Morgan fingerprint density at radius 2 is 2.00 bits per heavy atom. The molecule has 4 heteroatoms. The van der Waals surface area contributed by atoms with Crippen molar-refractivity contribution < 1.29 is 4.74 Å². The molecule has 2 rings (SSSR count). The zero-order valence-electron chi connectivity index (χ0n) is 10.6. The highest BCUT2D eigenvalue weighted by molar-refractivity contribution is 5.72. The van der Waals surface area contributed by atoms with Crippen LogP contribution in [0.4, 0.5) is 5.82 Å². The molecular formula is C13H17N3O. The largest absolute Gasteiger partial charge is 0.496 e. The van der Waals surface area contributed by atoms with Gasteiger partial charge in [-0.05, 0) is 31.0 Å². The van der Waals surface area contributed by atoms with Gasteiger partial charge in [-0.3, -0.25) is 5.10 Å². The summed E-state index contributed by atoms with van der Waals surface area (Å²) in [6.07, 6.45) is 0. The molecule has 0 fully saturated rings. The van der Waals surface area contributed by atoms with Crippen molar-refractivity contribution in [3.05, 3.63) is 29.3 Å². The summed E-state index contributed by atoms with van der Waals surface area (Å²) in [6.45, 7) is 4.12. The minimum absolute atomic E-state index is 0.821. The molecule has 0 saturated heterocycles. The Morgan fingerprint density at radius 1 is 1.24 bits per heavy atom. The molecule has 90 valence electrons. The first-order chi connectivity index (χ1) is 8.15. The number of anilines is 1. The summed E-state index contributed by atoms with van der Waals surface area (Å²) in [7, 11) is 3.54. The lowest BCUT2D eigenvalue weighted by Gasteiger charge is -2.11. The predicted molar refractivity (Wildman–Crippen MR) is 69.6 cm³/mol. The maximum atomic E-state index is 5.46. The second-order valence-corrected chi connectivity index (χ2v) is 4.08.